The van der Waals surface area contributed by atoms with Gasteiger partial charge in [0.1, 0.15) is 5.82 Å². The van der Waals surface area contributed by atoms with Crippen LogP contribution in [0.25, 0.3) is 11.2 Å². The summed E-state index contributed by atoms with van der Waals surface area (Å²) in [7, 11) is 3.18. The number of nitrogens with zero attached hydrogens (tertiary/aromatic N) is 7. The number of hydrogen-bond acceptors (Lipinski definition) is 8. The van der Waals surface area contributed by atoms with E-state index < -0.39 is 0 Å². The number of ether oxygens (including phenoxy) is 1. The molecule has 11 nitrogen and oxygen atoms in total. The molecule has 2 fully saturated rings. The summed E-state index contributed by atoms with van der Waals surface area (Å²) >= 11 is 0. The molecule has 2 aliphatic heterocycles. The average Bonchev–Trinajstić information content (AvgIpc) is 3.15. The Labute approximate surface area is 181 Å². The van der Waals surface area contributed by atoms with Gasteiger partial charge in [-0.05, 0) is 0 Å². The van der Waals surface area contributed by atoms with Gasteiger partial charge in [0, 0.05) is 73.0 Å². The van der Waals surface area contributed by atoms with E-state index in [4.69, 9.17) is 14.8 Å². The Morgan fingerprint density at radius 1 is 0.871 bits per heavy atom. The molecule has 4 rings (SSSR count). The van der Waals surface area contributed by atoms with Crippen molar-refractivity contribution in [2.75, 3.05) is 72.2 Å². The number of aromatic nitrogens is 4. The second-order valence-electron chi connectivity index (χ2n) is 8.35. The molecule has 0 spiro atoms. The number of β-amino-alcohol motifs (C(OH)–C–C–N with tert-alkyl or cyclic N) is 1. The van der Waals surface area contributed by atoms with Crippen LogP contribution in [0, 0.1) is 0 Å². The zero-order valence-electron chi connectivity index (χ0n) is 18.5. The number of rotatable bonds is 7. The van der Waals surface area contributed by atoms with Gasteiger partial charge in [-0.3, -0.25) is 28.6 Å². The molecule has 172 valence electrons. The van der Waals surface area contributed by atoms with Gasteiger partial charge < -0.3 is 14.4 Å². The fraction of sp³-hybridized carbons (Fsp3) is 0.750. The Hall–Kier alpha value is -2.05. The maximum atomic E-state index is 13.0. The van der Waals surface area contributed by atoms with Crippen LogP contribution < -0.4 is 11.2 Å². The molecule has 0 radical (unpaired) electrons. The van der Waals surface area contributed by atoms with Gasteiger partial charge in [-0.2, -0.15) is 0 Å². The van der Waals surface area contributed by atoms with E-state index in [1.54, 1.807) is 7.05 Å². The lowest BCUT2D eigenvalue weighted by Gasteiger charge is -2.34. The molecule has 2 aromatic heterocycles. The number of aliphatic hydroxyl groups is 1. The lowest BCUT2D eigenvalue weighted by Crippen LogP contribution is -2.47. The third-order valence-corrected chi connectivity index (χ3v) is 6.42. The van der Waals surface area contributed by atoms with Crippen LogP contribution in [-0.4, -0.2) is 111 Å². The van der Waals surface area contributed by atoms with E-state index in [2.05, 4.69) is 14.7 Å². The molecule has 11 heteroatoms. The minimum atomic E-state index is -0.362. The number of hydrogen-bond donors (Lipinski definition) is 1. The number of morpholine rings is 1. The highest BCUT2D eigenvalue weighted by Crippen LogP contribution is 2.15. The van der Waals surface area contributed by atoms with Gasteiger partial charge >= 0.3 is 5.69 Å². The van der Waals surface area contributed by atoms with Gasteiger partial charge in [0.15, 0.2) is 11.2 Å². The summed E-state index contributed by atoms with van der Waals surface area (Å²) in [4.78, 5) is 37.1. The van der Waals surface area contributed by atoms with Crippen LogP contribution in [0.15, 0.2) is 9.59 Å². The van der Waals surface area contributed by atoms with E-state index in [9.17, 15) is 9.59 Å². The normalized spacial score (nSPS) is 19.5. The van der Waals surface area contributed by atoms with Gasteiger partial charge in [-0.1, -0.05) is 0 Å². The molecule has 2 aromatic rings. The standard InChI is InChI=1S/C20H33N7O4/c1-22-18-17(19(29)23(2)20(22)30)27(8-7-25-10-13-31-14-11-25)16(21-18)15-26-5-3-24(4-6-26)9-12-28/h28H,3-15H2,1-2H3. The SMILES string of the molecule is Cn1c(=O)c2c(nc(CN3CCN(CCO)CC3)n2CCN2CCOCC2)n(C)c1=O. The number of imidazole rings is 1. The Morgan fingerprint density at radius 2 is 1.52 bits per heavy atom. The van der Waals surface area contributed by atoms with Gasteiger partial charge in [-0.15, -0.1) is 0 Å². The molecule has 2 saturated heterocycles. The quantitative estimate of drug-likeness (QED) is 0.527. The van der Waals surface area contributed by atoms with Crippen LogP contribution in [0.3, 0.4) is 0 Å². The Balaban J connectivity index is 1.63. The summed E-state index contributed by atoms with van der Waals surface area (Å²) in [6, 6.07) is 0. The van der Waals surface area contributed by atoms with Crippen molar-refractivity contribution in [2.45, 2.75) is 13.1 Å². The number of aliphatic hydroxyl groups excluding tert-OH is 1. The van der Waals surface area contributed by atoms with E-state index in [-0.39, 0.29) is 17.9 Å². The molecule has 4 heterocycles. The van der Waals surface area contributed by atoms with Crippen molar-refractivity contribution in [2.24, 2.45) is 14.1 Å². The first-order valence-electron chi connectivity index (χ1n) is 11.0. The number of aryl methyl sites for hydroxylation is 1. The second kappa shape index (κ2) is 9.61. The third kappa shape index (κ3) is 4.60. The lowest BCUT2D eigenvalue weighted by molar-refractivity contribution is 0.0363. The molecule has 0 aromatic carbocycles. The molecular weight excluding hydrogens is 402 g/mol. The van der Waals surface area contributed by atoms with E-state index >= 15 is 0 Å². The zero-order valence-corrected chi connectivity index (χ0v) is 18.5. The van der Waals surface area contributed by atoms with Crippen molar-refractivity contribution in [1.29, 1.82) is 0 Å². The minimum Gasteiger partial charge on any atom is -0.395 e. The van der Waals surface area contributed by atoms with Crippen molar-refractivity contribution in [1.82, 2.24) is 33.4 Å². The summed E-state index contributed by atoms with van der Waals surface area (Å²) in [5.41, 5.74) is 0.279. The van der Waals surface area contributed by atoms with Gasteiger partial charge in [-0.25, -0.2) is 9.78 Å². The highest BCUT2D eigenvalue weighted by atomic mass is 16.5. The lowest BCUT2D eigenvalue weighted by atomic mass is 10.3. The highest BCUT2D eigenvalue weighted by molar-refractivity contribution is 5.71. The van der Waals surface area contributed by atoms with Crippen molar-refractivity contribution < 1.29 is 9.84 Å². The molecule has 0 bridgehead atoms. The summed E-state index contributed by atoms with van der Waals surface area (Å²) in [6.45, 7) is 9.72. The Kier molecular flexibility index (Phi) is 6.87. The topological polar surface area (TPSA) is 101 Å². The third-order valence-electron chi connectivity index (χ3n) is 6.42. The first-order valence-corrected chi connectivity index (χ1v) is 11.0. The molecule has 1 N–H and O–H groups in total. The number of fused-ring (bicyclic) bond motifs is 1. The van der Waals surface area contributed by atoms with Gasteiger partial charge in [0.25, 0.3) is 5.56 Å². The van der Waals surface area contributed by atoms with Crippen molar-refractivity contribution >= 4 is 11.2 Å². The minimum absolute atomic E-state index is 0.175. The Morgan fingerprint density at radius 3 is 2.19 bits per heavy atom. The van der Waals surface area contributed by atoms with Crippen LogP contribution in [-0.2, 0) is 31.9 Å². The fourth-order valence-electron chi connectivity index (χ4n) is 4.43. The summed E-state index contributed by atoms with van der Waals surface area (Å²) in [5.74, 6) is 0.817. The Bertz CT molecular complexity index is 1010. The van der Waals surface area contributed by atoms with Crippen molar-refractivity contribution in [3.63, 3.8) is 0 Å². The van der Waals surface area contributed by atoms with Crippen molar-refractivity contribution in [3.8, 4) is 0 Å². The van der Waals surface area contributed by atoms with Crippen LogP contribution >= 0.6 is 0 Å². The first-order chi connectivity index (χ1) is 15.0. The molecular formula is C20H33N7O4. The van der Waals surface area contributed by atoms with E-state index in [0.717, 1.165) is 69.4 Å². The molecule has 0 aliphatic carbocycles. The zero-order chi connectivity index (χ0) is 22.0. The van der Waals surface area contributed by atoms with Crippen LogP contribution in [0.1, 0.15) is 5.82 Å². The molecule has 0 unspecified atom stereocenters. The largest absolute Gasteiger partial charge is 0.395 e. The van der Waals surface area contributed by atoms with E-state index in [1.165, 1.54) is 11.6 Å². The molecule has 0 atom stereocenters. The summed E-state index contributed by atoms with van der Waals surface area (Å²) < 4.78 is 10.1. The monoisotopic (exact) mass is 435 g/mol. The average molecular weight is 436 g/mol. The molecule has 31 heavy (non-hydrogen) atoms. The predicted molar refractivity (Wildman–Crippen MR) is 116 cm³/mol. The van der Waals surface area contributed by atoms with Crippen LogP contribution in [0.2, 0.25) is 0 Å². The maximum absolute atomic E-state index is 13.0. The van der Waals surface area contributed by atoms with Crippen molar-refractivity contribution in [3.05, 3.63) is 26.7 Å². The van der Waals surface area contributed by atoms with Gasteiger partial charge in [0.05, 0.1) is 26.4 Å². The molecule has 2 aliphatic rings. The molecule has 0 saturated carbocycles. The van der Waals surface area contributed by atoms with E-state index in [1.807, 2.05) is 4.57 Å². The van der Waals surface area contributed by atoms with Crippen LogP contribution in [0.5, 0.6) is 0 Å². The first kappa shape index (κ1) is 22.2. The fourth-order valence-corrected chi connectivity index (χ4v) is 4.43. The van der Waals surface area contributed by atoms with Gasteiger partial charge in [0.2, 0.25) is 0 Å². The molecule has 0 amide bonds. The smallest absolute Gasteiger partial charge is 0.332 e. The number of piperazine rings is 1. The maximum Gasteiger partial charge on any atom is 0.332 e. The van der Waals surface area contributed by atoms with E-state index in [0.29, 0.717) is 30.8 Å². The van der Waals surface area contributed by atoms with Crippen LogP contribution in [0.4, 0.5) is 0 Å². The highest BCUT2D eigenvalue weighted by Gasteiger charge is 2.23. The second-order valence-corrected chi connectivity index (χ2v) is 8.35. The predicted octanol–water partition coefficient (Wildman–Crippen LogP) is -2.12. The summed E-state index contributed by atoms with van der Waals surface area (Å²) in [5, 5.41) is 9.16. The summed E-state index contributed by atoms with van der Waals surface area (Å²) in [6.07, 6.45) is 0.